The fourth-order valence-electron chi connectivity index (χ4n) is 7.72. The van der Waals surface area contributed by atoms with E-state index in [2.05, 4.69) is 141 Å². The second-order valence-electron chi connectivity index (χ2n) is 13.3. The highest BCUT2D eigenvalue weighted by atomic mass is 16.3. The van der Waals surface area contributed by atoms with E-state index in [0.29, 0.717) is 5.82 Å². The predicted octanol–water partition coefficient (Wildman–Crippen LogP) is 10.9. The highest BCUT2D eigenvalue weighted by molar-refractivity contribution is 6.42. The average Bonchev–Trinajstić information content (AvgIpc) is 3.67. The third kappa shape index (κ3) is 4.39. The van der Waals surface area contributed by atoms with E-state index in [9.17, 15) is 0 Å². The molecule has 4 heterocycles. The van der Waals surface area contributed by atoms with Crippen molar-refractivity contribution in [3.05, 3.63) is 162 Å². The maximum Gasteiger partial charge on any atom is 0.213 e. The highest BCUT2D eigenvalue weighted by Gasteiger charge is 2.36. The first-order chi connectivity index (χ1) is 24.0. The van der Waals surface area contributed by atoms with Crippen LogP contribution in [0.5, 0.6) is 0 Å². The molecule has 1 aliphatic heterocycles. The van der Waals surface area contributed by atoms with E-state index in [-0.39, 0.29) is 5.41 Å². The maximum atomic E-state index is 6.59. The van der Waals surface area contributed by atoms with Crippen molar-refractivity contribution in [3.8, 4) is 17.1 Å². The van der Waals surface area contributed by atoms with Gasteiger partial charge in [0.1, 0.15) is 12.9 Å². The minimum absolute atomic E-state index is 0.267. The molecule has 3 aromatic heterocycles. The van der Waals surface area contributed by atoms with Crippen LogP contribution >= 0.6 is 0 Å². The van der Waals surface area contributed by atoms with E-state index in [1.54, 1.807) is 0 Å². The summed E-state index contributed by atoms with van der Waals surface area (Å²) in [7, 11) is 0.868. The summed E-state index contributed by atoms with van der Waals surface area (Å²) < 4.78 is 8.92. The molecular weight excluding hydrogens is 597 g/mol. The van der Waals surface area contributed by atoms with Gasteiger partial charge >= 0.3 is 0 Å². The Kier molecular flexibility index (Phi) is 6.60. The monoisotopic (exact) mass is 631 g/mol. The molecule has 234 valence electrons. The van der Waals surface area contributed by atoms with Gasteiger partial charge in [0.15, 0.2) is 5.82 Å². The molecule has 0 saturated carbocycles. The zero-order valence-corrected chi connectivity index (χ0v) is 27.9. The van der Waals surface area contributed by atoms with Crippen LogP contribution in [-0.2, 0) is 5.41 Å². The molecule has 8 aromatic rings. The van der Waals surface area contributed by atoms with Crippen molar-refractivity contribution in [2.24, 2.45) is 0 Å². The molecule has 0 N–H and O–H groups in total. The summed E-state index contributed by atoms with van der Waals surface area (Å²) in [6.07, 6.45) is 4.12. The molecule has 0 spiro atoms. The fourth-order valence-corrected chi connectivity index (χ4v) is 7.72. The maximum absolute atomic E-state index is 6.59. The van der Waals surface area contributed by atoms with Crippen LogP contribution < -0.4 is 0 Å². The van der Waals surface area contributed by atoms with Crippen molar-refractivity contribution in [1.29, 1.82) is 0 Å². The molecule has 49 heavy (non-hydrogen) atoms. The lowest BCUT2D eigenvalue weighted by Gasteiger charge is -2.34. The molecule has 0 atom stereocenters. The Hall–Kier alpha value is -5.94. The van der Waals surface area contributed by atoms with Crippen LogP contribution in [0.25, 0.3) is 72.1 Å². The molecular formula is C44H34BN3O. The Bertz CT molecular complexity index is 2690. The van der Waals surface area contributed by atoms with Crippen molar-refractivity contribution >= 4 is 62.3 Å². The lowest BCUT2D eigenvalue weighted by Crippen LogP contribution is -2.26. The lowest BCUT2D eigenvalue weighted by atomic mass is 9.74. The van der Waals surface area contributed by atoms with E-state index < -0.39 is 0 Å². The summed E-state index contributed by atoms with van der Waals surface area (Å²) in [4.78, 5) is 10.5. The van der Waals surface area contributed by atoms with Crippen molar-refractivity contribution in [2.75, 3.05) is 0 Å². The molecule has 0 radical (unpaired) electrons. The van der Waals surface area contributed by atoms with Gasteiger partial charge in [0.2, 0.25) is 5.71 Å². The molecule has 4 nitrogen and oxygen atoms in total. The number of aromatic nitrogens is 3. The van der Waals surface area contributed by atoms with Crippen molar-refractivity contribution in [2.45, 2.75) is 26.1 Å². The van der Waals surface area contributed by atoms with Gasteiger partial charge in [0.25, 0.3) is 0 Å². The van der Waals surface area contributed by atoms with Gasteiger partial charge in [-0.05, 0) is 64.2 Å². The molecule has 0 aliphatic carbocycles. The number of furan rings is 1. The number of hydrogen-bond acceptors (Lipinski definition) is 3. The van der Waals surface area contributed by atoms with E-state index in [1.807, 2.05) is 24.3 Å². The second kappa shape index (κ2) is 11.1. The summed E-state index contributed by atoms with van der Waals surface area (Å²) in [5, 5.41) is 4.55. The number of benzene rings is 5. The Morgan fingerprint density at radius 3 is 2.35 bits per heavy atom. The van der Waals surface area contributed by atoms with Gasteiger partial charge in [-0.1, -0.05) is 118 Å². The molecule has 0 bridgehead atoms. The van der Waals surface area contributed by atoms with Crippen LogP contribution in [0.4, 0.5) is 0 Å². The van der Waals surface area contributed by atoms with Gasteiger partial charge < -0.3 is 4.42 Å². The number of fused-ring (bicyclic) bond motifs is 8. The molecule has 0 amide bonds. The van der Waals surface area contributed by atoms with E-state index in [4.69, 9.17) is 14.4 Å². The summed E-state index contributed by atoms with van der Waals surface area (Å²) in [6.45, 7) is 10.9. The number of rotatable bonds is 6. The molecule has 9 rings (SSSR count). The van der Waals surface area contributed by atoms with E-state index >= 15 is 0 Å². The topological polar surface area (TPSA) is 43.9 Å². The Morgan fingerprint density at radius 2 is 1.53 bits per heavy atom. The summed E-state index contributed by atoms with van der Waals surface area (Å²) in [6, 6.07) is 40.4. The third-order valence-electron chi connectivity index (χ3n) is 10.1. The zero-order valence-electron chi connectivity index (χ0n) is 27.9. The largest absolute Gasteiger partial charge is 0.439 e. The van der Waals surface area contributed by atoms with Gasteiger partial charge in [0, 0.05) is 27.1 Å². The Labute approximate surface area is 286 Å². The molecule has 0 fully saturated rings. The summed E-state index contributed by atoms with van der Waals surface area (Å²) in [5.74, 6) is 2.95. The number of para-hydroxylation sites is 3. The van der Waals surface area contributed by atoms with Crippen LogP contribution in [0.15, 0.2) is 144 Å². The van der Waals surface area contributed by atoms with Crippen LogP contribution in [-0.4, -0.2) is 21.8 Å². The minimum Gasteiger partial charge on any atom is -0.439 e. The van der Waals surface area contributed by atoms with Gasteiger partial charge in [0.05, 0.1) is 27.8 Å². The molecule has 1 aliphatic rings. The first-order valence-corrected chi connectivity index (χ1v) is 16.9. The lowest BCUT2D eigenvalue weighted by molar-refractivity contribution is 0.612. The molecule has 0 unspecified atom stereocenters. The van der Waals surface area contributed by atoms with Gasteiger partial charge in [-0.2, -0.15) is 0 Å². The van der Waals surface area contributed by atoms with Crippen molar-refractivity contribution in [1.82, 2.24) is 14.5 Å². The van der Waals surface area contributed by atoms with Crippen molar-refractivity contribution < 1.29 is 4.42 Å². The summed E-state index contributed by atoms with van der Waals surface area (Å²) >= 11 is 0. The minimum atomic E-state index is -0.267. The Balaban J connectivity index is 1.26. The normalized spacial score (nSPS) is 14.1. The number of allylic oxidation sites excluding steroid dienone is 4. The van der Waals surface area contributed by atoms with E-state index in [0.717, 1.165) is 68.5 Å². The second-order valence-corrected chi connectivity index (χ2v) is 13.3. The van der Waals surface area contributed by atoms with Gasteiger partial charge in [-0.3, -0.25) is 4.57 Å². The molecule has 5 heteroatoms. The predicted molar refractivity (Wildman–Crippen MR) is 207 cm³/mol. The smallest absolute Gasteiger partial charge is 0.213 e. The van der Waals surface area contributed by atoms with Crippen LogP contribution in [0.2, 0.25) is 6.82 Å². The quantitative estimate of drug-likeness (QED) is 0.135. The standard InChI is InChI=1S/C44H34BN3O/c1-5-27(28-14-7-6-8-15-28)24-30(26-45-4)40-31-16-9-11-20-36(31)46-42(47-40)29-22-23-37-35(25-29)44(2,3)34-19-13-18-33-39-32-17-10-12-21-38(32)49-43(39)48(37)41(33)34/h5-26,45H,1H2,2-4H3/b27-24+,30-26+. The fraction of sp³-hybridized carbons (Fsp3) is 0.0909. The first kappa shape index (κ1) is 29.2. The number of nitrogens with zero attached hydrogens (tertiary/aromatic N) is 3. The SMILES string of the molecule is C=C/C(=C\C(=C/BC)c1nc(-c2ccc3c(c2)C(C)(C)c2cccc4c5c6ccccc6oc5n-3c24)nc2ccccc12)c1ccccc1. The molecule has 5 aromatic carbocycles. The van der Waals surface area contributed by atoms with Crippen LogP contribution in [0.1, 0.15) is 36.2 Å². The van der Waals surface area contributed by atoms with Crippen LogP contribution in [0, 0.1) is 0 Å². The average molecular weight is 632 g/mol. The molecule has 0 saturated heterocycles. The zero-order chi connectivity index (χ0) is 33.3. The first-order valence-electron chi connectivity index (χ1n) is 16.9. The van der Waals surface area contributed by atoms with Crippen molar-refractivity contribution in [3.63, 3.8) is 0 Å². The van der Waals surface area contributed by atoms with E-state index in [1.165, 1.54) is 27.4 Å². The van der Waals surface area contributed by atoms with Gasteiger partial charge in [-0.25, -0.2) is 9.97 Å². The third-order valence-corrected chi connectivity index (χ3v) is 10.1. The number of hydrogen-bond donors (Lipinski definition) is 0. The highest BCUT2D eigenvalue weighted by Crippen LogP contribution is 2.50. The summed E-state index contributed by atoms with van der Waals surface area (Å²) in [5.41, 5.74) is 12.4. The van der Waals surface area contributed by atoms with Crippen LogP contribution in [0.3, 0.4) is 0 Å². The Morgan fingerprint density at radius 1 is 0.776 bits per heavy atom. The van der Waals surface area contributed by atoms with Gasteiger partial charge in [-0.15, -0.1) is 5.98 Å².